The van der Waals surface area contributed by atoms with Crippen molar-refractivity contribution in [2.24, 2.45) is 0 Å². The zero-order valence-corrected chi connectivity index (χ0v) is 10.9. The topological polar surface area (TPSA) is 42.4 Å². The minimum atomic E-state index is 0.655. The first-order chi connectivity index (χ1) is 9.31. The summed E-state index contributed by atoms with van der Waals surface area (Å²) in [4.78, 5) is 18.1. The van der Waals surface area contributed by atoms with E-state index in [9.17, 15) is 4.79 Å². The second-order valence-corrected chi connectivity index (χ2v) is 4.77. The van der Waals surface area contributed by atoms with Crippen molar-refractivity contribution in [3.63, 3.8) is 0 Å². The maximum absolute atomic E-state index is 11.3. The van der Waals surface area contributed by atoms with Gasteiger partial charge in [0.05, 0.1) is 18.2 Å². The number of hydrogen-bond acceptors (Lipinski definition) is 4. The highest BCUT2D eigenvalue weighted by Gasteiger charge is 2.17. The SMILES string of the molecule is COc1ccc2nc(N3CCCC3)c(C=O)cc2c1. The Morgan fingerprint density at radius 3 is 2.74 bits per heavy atom. The summed E-state index contributed by atoms with van der Waals surface area (Å²) in [6.45, 7) is 1.96. The van der Waals surface area contributed by atoms with E-state index in [4.69, 9.17) is 4.74 Å². The maximum Gasteiger partial charge on any atom is 0.153 e. The molecular weight excluding hydrogens is 240 g/mol. The molecule has 0 unspecified atom stereocenters. The van der Waals surface area contributed by atoms with Gasteiger partial charge in [0, 0.05) is 18.5 Å². The van der Waals surface area contributed by atoms with Gasteiger partial charge >= 0.3 is 0 Å². The molecule has 2 heterocycles. The molecule has 0 N–H and O–H groups in total. The summed E-state index contributed by atoms with van der Waals surface area (Å²) in [6, 6.07) is 7.63. The van der Waals surface area contributed by atoms with Crippen LogP contribution in [0.2, 0.25) is 0 Å². The minimum Gasteiger partial charge on any atom is -0.497 e. The van der Waals surface area contributed by atoms with Crippen LogP contribution in [0.5, 0.6) is 5.75 Å². The number of nitrogens with zero attached hydrogens (tertiary/aromatic N) is 2. The van der Waals surface area contributed by atoms with E-state index in [1.54, 1.807) is 7.11 Å². The molecule has 0 bridgehead atoms. The number of carbonyl (C=O) groups is 1. The fraction of sp³-hybridized carbons (Fsp3) is 0.333. The van der Waals surface area contributed by atoms with Crippen molar-refractivity contribution in [3.8, 4) is 5.75 Å². The monoisotopic (exact) mass is 256 g/mol. The number of carbonyl (C=O) groups excluding carboxylic acids is 1. The molecule has 4 nitrogen and oxygen atoms in total. The van der Waals surface area contributed by atoms with Gasteiger partial charge in [0.15, 0.2) is 6.29 Å². The number of aromatic nitrogens is 1. The van der Waals surface area contributed by atoms with E-state index in [2.05, 4.69) is 9.88 Å². The summed E-state index contributed by atoms with van der Waals surface area (Å²) < 4.78 is 5.20. The summed E-state index contributed by atoms with van der Waals surface area (Å²) >= 11 is 0. The van der Waals surface area contributed by atoms with Gasteiger partial charge in [0.2, 0.25) is 0 Å². The average molecular weight is 256 g/mol. The van der Waals surface area contributed by atoms with Crippen LogP contribution in [0.15, 0.2) is 24.3 Å². The number of methoxy groups -OCH3 is 1. The number of hydrogen-bond donors (Lipinski definition) is 0. The second kappa shape index (κ2) is 4.88. The Hall–Kier alpha value is -2.10. The van der Waals surface area contributed by atoms with Crippen LogP contribution in [-0.2, 0) is 0 Å². The van der Waals surface area contributed by atoms with Crippen LogP contribution in [0.4, 0.5) is 5.82 Å². The molecule has 0 aliphatic carbocycles. The number of ether oxygens (including phenoxy) is 1. The first-order valence-electron chi connectivity index (χ1n) is 6.51. The molecule has 0 radical (unpaired) electrons. The lowest BCUT2D eigenvalue weighted by molar-refractivity contribution is 0.112. The highest BCUT2D eigenvalue weighted by Crippen LogP contribution is 2.27. The zero-order valence-electron chi connectivity index (χ0n) is 10.9. The largest absolute Gasteiger partial charge is 0.497 e. The van der Waals surface area contributed by atoms with E-state index >= 15 is 0 Å². The van der Waals surface area contributed by atoms with Crippen LogP contribution < -0.4 is 9.64 Å². The molecule has 0 spiro atoms. The highest BCUT2D eigenvalue weighted by molar-refractivity contribution is 5.92. The molecular formula is C15H16N2O2. The lowest BCUT2D eigenvalue weighted by Gasteiger charge is -2.18. The molecule has 1 aromatic heterocycles. The van der Waals surface area contributed by atoms with Crippen LogP contribution in [0, 0.1) is 0 Å². The smallest absolute Gasteiger partial charge is 0.153 e. The molecule has 3 rings (SSSR count). The van der Waals surface area contributed by atoms with E-state index in [-0.39, 0.29) is 0 Å². The number of pyridine rings is 1. The number of fused-ring (bicyclic) bond motifs is 1. The average Bonchev–Trinajstić information content (AvgIpc) is 2.99. The molecule has 0 saturated carbocycles. The third-order valence-electron chi connectivity index (χ3n) is 3.56. The summed E-state index contributed by atoms with van der Waals surface area (Å²) in [7, 11) is 1.63. The third-order valence-corrected chi connectivity index (χ3v) is 3.56. The molecule has 0 atom stereocenters. The number of anilines is 1. The number of benzene rings is 1. The van der Waals surface area contributed by atoms with E-state index < -0.39 is 0 Å². The third kappa shape index (κ3) is 2.14. The Kier molecular flexibility index (Phi) is 3.07. The summed E-state index contributed by atoms with van der Waals surface area (Å²) in [5, 5.41) is 0.935. The first kappa shape index (κ1) is 12.0. The fourth-order valence-corrected chi connectivity index (χ4v) is 2.56. The van der Waals surface area contributed by atoms with E-state index in [0.717, 1.165) is 41.8 Å². The van der Waals surface area contributed by atoms with Gasteiger partial charge in [-0.3, -0.25) is 4.79 Å². The van der Waals surface area contributed by atoms with Gasteiger partial charge in [-0.1, -0.05) is 0 Å². The minimum absolute atomic E-state index is 0.655. The van der Waals surface area contributed by atoms with Crippen LogP contribution >= 0.6 is 0 Å². The molecule has 1 aromatic carbocycles. The Morgan fingerprint density at radius 2 is 2.05 bits per heavy atom. The van der Waals surface area contributed by atoms with Crippen LogP contribution in [0.3, 0.4) is 0 Å². The van der Waals surface area contributed by atoms with Crippen molar-refractivity contribution in [1.29, 1.82) is 0 Å². The predicted octanol–water partition coefficient (Wildman–Crippen LogP) is 2.66. The van der Waals surface area contributed by atoms with Gasteiger partial charge in [0.1, 0.15) is 11.6 Å². The van der Waals surface area contributed by atoms with Gasteiger partial charge < -0.3 is 9.64 Å². The van der Waals surface area contributed by atoms with Crippen molar-refractivity contribution < 1.29 is 9.53 Å². The highest BCUT2D eigenvalue weighted by atomic mass is 16.5. The van der Waals surface area contributed by atoms with Crippen molar-refractivity contribution >= 4 is 23.0 Å². The van der Waals surface area contributed by atoms with Crippen LogP contribution in [-0.4, -0.2) is 31.5 Å². The quantitative estimate of drug-likeness (QED) is 0.792. The van der Waals surface area contributed by atoms with Gasteiger partial charge in [-0.25, -0.2) is 4.98 Å². The summed E-state index contributed by atoms with van der Waals surface area (Å²) in [5.41, 5.74) is 1.55. The van der Waals surface area contributed by atoms with Gasteiger partial charge in [-0.15, -0.1) is 0 Å². The van der Waals surface area contributed by atoms with Crippen molar-refractivity contribution in [2.45, 2.75) is 12.8 Å². The molecule has 98 valence electrons. The van der Waals surface area contributed by atoms with Crippen LogP contribution in [0.1, 0.15) is 23.2 Å². The molecule has 1 aliphatic rings. The predicted molar refractivity (Wildman–Crippen MR) is 75.1 cm³/mol. The standard InChI is InChI=1S/C15H16N2O2/c1-19-13-4-5-14-11(9-13)8-12(10-18)15(16-14)17-6-2-3-7-17/h4-5,8-10H,2-3,6-7H2,1H3. The molecule has 1 saturated heterocycles. The summed E-state index contributed by atoms with van der Waals surface area (Å²) in [6.07, 6.45) is 3.22. The Bertz CT molecular complexity index is 619. The van der Waals surface area contributed by atoms with Gasteiger partial charge in [-0.05, 0) is 37.1 Å². The molecule has 1 aliphatic heterocycles. The molecule has 19 heavy (non-hydrogen) atoms. The lowest BCUT2D eigenvalue weighted by Crippen LogP contribution is -2.20. The second-order valence-electron chi connectivity index (χ2n) is 4.77. The Morgan fingerprint density at radius 1 is 1.26 bits per heavy atom. The normalized spacial score (nSPS) is 14.9. The number of rotatable bonds is 3. The molecule has 2 aromatic rings. The fourth-order valence-electron chi connectivity index (χ4n) is 2.56. The Balaban J connectivity index is 2.14. The van der Waals surface area contributed by atoms with E-state index in [1.807, 2.05) is 24.3 Å². The summed E-state index contributed by atoms with van der Waals surface area (Å²) in [5.74, 6) is 1.59. The van der Waals surface area contributed by atoms with E-state index in [0.29, 0.717) is 5.56 Å². The Labute approximate surface area is 112 Å². The van der Waals surface area contributed by atoms with Crippen LogP contribution in [0.25, 0.3) is 10.9 Å². The maximum atomic E-state index is 11.3. The van der Waals surface area contributed by atoms with E-state index in [1.165, 1.54) is 12.8 Å². The number of aldehydes is 1. The molecule has 1 fully saturated rings. The molecule has 4 heteroatoms. The van der Waals surface area contributed by atoms with Gasteiger partial charge in [0.25, 0.3) is 0 Å². The van der Waals surface area contributed by atoms with Gasteiger partial charge in [-0.2, -0.15) is 0 Å². The van der Waals surface area contributed by atoms with Crippen molar-refractivity contribution in [3.05, 3.63) is 29.8 Å². The van der Waals surface area contributed by atoms with Crippen molar-refractivity contribution in [1.82, 2.24) is 4.98 Å². The molecule has 0 amide bonds. The van der Waals surface area contributed by atoms with Crippen molar-refractivity contribution in [2.75, 3.05) is 25.1 Å². The lowest BCUT2D eigenvalue weighted by atomic mass is 10.1. The zero-order chi connectivity index (χ0) is 13.2. The first-order valence-corrected chi connectivity index (χ1v) is 6.51.